The summed E-state index contributed by atoms with van der Waals surface area (Å²) in [5.74, 6) is -2.12. The fourth-order valence-electron chi connectivity index (χ4n) is 3.18. The summed E-state index contributed by atoms with van der Waals surface area (Å²) in [5, 5.41) is 19.4. The first kappa shape index (κ1) is 11.9. The van der Waals surface area contributed by atoms with Crippen LogP contribution >= 0.6 is 0 Å². The fraction of sp³-hybridized carbons (Fsp3) is 0.917. The molecule has 1 aliphatic heterocycles. The van der Waals surface area contributed by atoms with Gasteiger partial charge >= 0.3 is 5.97 Å². The average Bonchev–Trinajstić information content (AvgIpc) is 2.56. The summed E-state index contributed by atoms with van der Waals surface area (Å²) in [5.41, 5.74) is 0. The molecule has 0 spiro atoms. The zero-order valence-electron chi connectivity index (χ0n) is 9.69. The first-order valence-corrected chi connectivity index (χ1v) is 6.18. The summed E-state index contributed by atoms with van der Waals surface area (Å²) < 4.78 is 5.71. The van der Waals surface area contributed by atoms with Gasteiger partial charge in [-0.05, 0) is 25.7 Å². The molecular formula is C12H20O4. The largest absolute Gasteiger partial charge is 0.481 e. The monoisotopic (exact) mass is 228 g/mol. The number of fused-ring (bicyclic) bond motifs is 1. The van der Waals surface area contributed by atoms with Crippen LogP contribution in [0.15, 0.2) is 0 Å². The Kier molecular flexibility index (Phi) is 3.22. The number of carboxylic acids is 1. The van der Waals surface area contributed by atoms with Gasteiger partial charge in [-0.2, -0.15) is 0 Å². The van der Waals surface area contributed by atoms with E-state index in [1.54, 1.807) is 0 Å². The summed E-state index contributed by atoms with van der Waals surface area (Å²) in [6, 6.07) is 0. The Morgan fingerprint density at radius 3 is 2.88 bits per heavy atom. The molecule has 0 amide bonds. The van der Waals surface area contributed by atoms with E-state index in [0.717, 1.165) is 32.1 Å². The van der Waals surface area contributed by atoms with Crippen LogP contribution in [0.1, 0.15) is 45.4 Å². The molecule has 4 nitrogen and oxygen atoms in total. The predicted molar refractivity (Wildman–Crippen MR) is 57.8 cm³/mol. The van der Waals surface area contributed by atoms with Crippen molar-refractivity contribution >= 4 is 5.97 Å². The molecule has 1 saturated heterocycles. The molecule has 4 unspecified atom stereocenters. The van der Waals surface area contributed by atoms with Gasteiger partial charge in [0.2, 0.25) is 0 Å². The molecule has 0 aromatic heterocycles. The third-order valence-corrected chi connectivity index (χ3v) is 4.05. The molecule has 2 aliphatic rings. The molecule has 4 atom stereocenters. The van der Waals surface area contributed by atoms with Gasteiger partial charge in [-0.15, -0.1) is 0 Å². The van der Waals surface area contributed by atoms with E-state index in [4.69, 9.17) is 9.84 Å². The molecule has 2 fully saturated rings. The van der Waals surface area contributed by atoms with E-state index in [1.807, 2.05) is 6.92 Å². The first-order chi connectivity index (χ1) is 7.56. The minimum Gasteiger partial charge on any atom is -0.481 e. The van der Waals surface area contributed by atoms with Gasteiger partial charge in [-0.3, -0.25) is 4.79 Å². The van der Waals surface area contributed by atoms with E-state index in [2.05, 4.69) is 0 Å². The third-order valence-electron chi connectivity index (χ3n) is 4.05. The standard InChI is InChI=1S/C12H20O4/c1-2-10-6-8-4-3-5-9(7-11(13)14)12(8,15)16-10/h8-10,15H,2-7H2,1H3,(H,13,14). The van der Waals surface area contributed by atoms with Crippen LogP contribution in [-0.2, 0) is 9.53 Å². The normalized spacial score (nSPS) is 43.0. The molecule has 4 heteroatoms. The number of ether oxygens (including phenoxy) is 1. The Bertz CT molecular complexity index is 278. The van der Waals surface area contributed by atoms with Crippen LogP contribution in [0, 0.1) is 11.8 Å². The van der Waals surface area contributed by atoms with Crippen molar-refractivity contribution < 1.29 is 19.7 Å². The van der Waals surface area contributed by atoms with Crippen molar-refractivity contribution in [2.75, 3.05) is 0 Å². The minimum absolute atomic E-state index is 0.0173. The second kappa shape index (κ2) is 4.34. The van der Waals surface area contributed by atoms with Crippen LogP contribution in [0.3, 0.4) is 0 Å². The molecule has 1 saturated carbocycles. The maximum atomic E-state index is 10.8. The van der Waals surface area contributed by atoms with Gasteiger partial charge in [-0.1, -0.05) is 13.3 Å². The molecule has 2 N–H and O–H groups in total. The zero-order chi connectivity index (χ0) is 11.8. The van der Waals surface area contributed by atoms with Crippen molar-refractivity contribution in [2.45, 2.75) is 57.3 Å². The van der Waals surface area contributed by atoms with E-state index in [-0.39, 0.29) is 24.4 Å². The Labute approximate surface area is 95.6 Å². The second-order valence-corrected chi connectivity index (χ2v) is 5.06. The number of carboxylic acid groups (broad SMARTS) is 1. The molecule has 1 heterocycles. The quantitative estimate of drug-likeness (QED) is 0.772. The highest BCUT2D eigenvalue weighted by Gasteiger charge is 2.53. The van der Waals surface area contributed by atoms with E-state index in [9.17, 15) is 9.90 Å². The van der Waals surface area contributed by atoms with Crippen LogP contribution in [0.2, 0.25) is 0 Å². The molecule has 2 rings (SSSR count). The van der Waals surface area contributed by atoms with Gasteiger partial charge in [0, 0.05) is 11.8 Å². The summed E-state index contributed by atoms with van der Waals surface area (Å²) in [6.45, 7) is 2.04. The molecule has 1 aliphatic carbocycles. The lowest BCUT2D eigenvalue weighted by Crippen LogP contribution is -2.47. The van der Waals surface area contributed by atoms with Gasteiger partial charge in [-0.25, -0.2) is 0 Å². The van der Waals surface area contributed by atoms with Gasteiger partial charge in [0.15, 0.2) is 5.79 Å². The molecular weight excluding hydrogens is 208 g/mol. The Hall–Kier alpha value is -0.610. The molecule has 0 aromatic carbocycles. The van der Waals surface area contributed by atoms with Gasteiger partial charge in [0.1, 0.15) is 0 Å². The minimum atomic E-state index is -1.17. The molecule has 0 radical (unpaired) electrons. The van der Waals surface area contributed by atoms with Crippen molar-refractivity contribution in [3.05, 3.63) is 0 Å². The van der Waals surface area contributed by atoms with Crippen LogP contribution in [0.25, 0.3) is 0 Å². The topological polar surface area (TPSA) is 66.8 Å². The Morgan fingerprint density at radius 1 is 1.50 bits per heavy atom. The highest BCUT2D eigenvalue weighted by Crippen LogP contribution is 2.49. The van der Waals surface area contributed by atoms with E-state index in [1.165, 1.54) is 0 Å². The summed E-state index contributed by atoms with van der Waals surface area (Å²) in [4.78, 5) is 10.8. The van der Waals surface area contributed by atoms with Crippen LogP contribution < -0.4 is 0 Å². The molecule has 0 bridgehead atoms. The van der Waals surface area contributed by atoms with Crippen molar-refractivity contribution in [1.82, 2.24) is 0 Å². The van der Waals surface area contributed by atoms with Crippen molar-refractivity contribution in [3.63, 3.8) is 0 Å². The van der Waals surface area contributed by atoms with E-state index < -0.39 is 11.8 Å². The Balaban J connectivity index is 2.12. The van der Waals surface area contributed by atoms with Gasteiger partial charge in [0.25, 0.3) is 0 Å². The maximum absolute atomic E-state index is 10.8. The first-order valence-electron chi connectivity index (χ1n) is 6.18. The van der Waals surface area contributed by atoms with Crippen molar-refractivity contribution in [1.29, 1.82) is 0 Å². The van der Waals surface area contributed by atoms with Gasteiger partial charge in [0.05, 0.1) is 12.5 Å². The van der Waals surface area contributed by atoms with Crippen molar-refractivity contribution in [3.8, 4) is 0 Å². The lowest BCUT2D eigenvalue weighted by molar-refractivity contribution is -0.257. The van der Waals surface area contributed by atoms with Crippen LogP contribution in [-0.4, -0.2) is 28.1 Å². The highest BCUT2D eigenvalue weighted by atomic mass is 16.6. The van der Waals surface area contributed by atoms with Crippen molar-refractivity contribution in [2.24, 2.45) is 11.8 Å². The lowest BCUT2D eigenvalue weighted by Gasteiger charge is -2.40. The molecule has 16 heavy (non-hydrogen) atoms. The smallest absolute Gasteiger partial charge is 0.303 e. The van der Waals surface area contributed by atoms with E-state index in [0.29, 0.717) is 0 Å². The molecule has 92 valence electrons. The van der Waals surface area contributed by atoms with Gasteiger partial charge < -0.3 is 14.9 Å². The summed E-state index contributed by atoms with van der Waals surface area (Å²) in [6.07, 6.45) is 4.61. The zero-order valence-corrected chi connectivity index (χ0v) is 9.69. The maximum Gasteiger partial charge on any atom is 0.303 e. The van der Waals surface area contributed by atoms with E-state index >= 15 is 0 Å². The number of hydrogen-bond donors (Lipinski definition) is 2. The highest BCUT2D eigenvalue weighted by molar-refractivity contribution is 5.67. The number of rotatable bonds is 3. The Morgan fingerprint density at radius 2 is 2.25 bits per heavy atom. The summed E-state index contributed by atoms with van der Waals surface area (Å²) >= 11 is 0. The number of aliphatic hydroxyl groups is 1. The number of aliphatic carboxylic acids is 1. The summed E-state index contributed by atoms with van der Waals surface area (Å²) in [7, 11) is 0. The SMILES string of the molecule is CCC1CC2CCCC(CC(=O)O)C2(O)O1. The fourth-order valence-corrected chi connectivity index (χ4v) is 3.18. The third kappa shape index (κ3) is 1.96. The second-order valence-electron chi connectivity index (χ2n) is 5.06. The number of hydrogen-bond acceptors (Lipinski definition) is 3. The predicted octanol–water partition coefficient (Wildman–Crippen LogP) is 1.76. The number of carbonyl (C=O) groups is 1. The lowest BCUT2D eigenvalue weighted by atomic mass is 9.74. The average molecular weight is 228 g/mol. The van der Waals surface area contributed by atoms with Crippen LogP contribution in [0.5, 0.6) is 0 Å². The molecule has 0 aromatic rings. The van der Waals surface area contributed by atoms with Crippen LogP contribution in [0.4, 0.5) is 0 Å².